The molecule has 0 bridgehead atoms. The summed E-state index contributed by atoms with van der Waals surface area (Å²) >= 11 is 0. The van der Waals surface area contributed by atoms with E-state index in [1.54, 1.807) is 0 Å². The van der Waals surface area contributed by atoms with E-state index in [0.717, 1.165) is 37.1 Å². The first-order valence-corrected chi connectivity index (χ1v) is 8.54. The molecule has 2 N–H and O–H groups in total. The summed E-state index contributed by atoms with van der Waals surface area (Å²) in [5, 5.41) is 2.66. The molecule has 0 aliphatic carbocycles. The van der Waals surface area contributed by atoms with Crippen LogP contribution in [0.5, 0.6) is 0 Å². The third kappa shape index (κ3) is 4.49. The number of ether oxygens (including phenoxy) is 1. The van der Waals surface area contributed by atoms with Gasteiger partial charge in [0.15, 0.2) is 0 Å². The summed E-state index contributed by atoms with van der Waals surface area (Å²) in [6.45, 7) is 2.50. The zero-order valence-corrected chi connectivity index (χ0v) is 13.0. The number of sulfonamides is 1. The molecule has 22 heavy (non-hydrogen) atoms. The number of hydrogen-bond acceptors (Lipinski definition) is 4. The predicted molar refractivity (Wildman–Crippen MR) is 78.2 cm³/mol. The summed E-state index contributed by atoms with van der Waals surface area (Å²) in [7, 11) is -3.87. The van der Waals surface area contributed by atoms with E-state index in [4.69, 9.17) is 4.74 Å². The zero-order valence-electron chi connectivity index (χ0n) is 12.2. The maximum atomic E-state index is 12.8. The second-order valence-corrected chi connectivity index (χ2v) is 6.89. The molecule has 2 rings (SSSR count). The normalized spacial score (nSPS) is 19.8. The van der Waals surface area contributed by atoms with E-state index >= 15 is 0 Å². The van der Waals surface area contributed by atoms with Crippen LogP contribution >= 0.6 is 0 Å². The molecule has 1 aromatic rings. The minimum Gasteiger partial charge on any atom is -0.376 e. The van der Waals surface area contributed by atoms with Crippen LogP contribution in [0, 0.1) is 5.82 Å². The first kappa shape index (κ1) is 16.9. The molecule has 122 valence electrons. The van der Waals surface area contributed by atoms with Gasteiger partial charge in [0.05, 0.1) is 17.0 Å². The molecule has 1 saturated heterocycles. The lowest BCUT2D eigenvalue weighted by Gasteiger charge is -2.16. The Morgan fingerprint density at radius 3 is 2.68 bits per heavy atom. The monoisotopic (exact) mass is 330 g/mol. The highest BCUT2D eigenvalue weighted by Crippen LogP contribution is 2.11. The number of benzene rings is 1. The van der Waals surface area contributed by atoms with Crippen LogP contribution in [0.4, 0.5) is 4.39 Å². The lowest BCUT2D eigenvalue weighted by molar-refractivity contribution is -0.122. The number of nitrogens with one attached hydrogen (secondary N) is 2. The molecular formula is C14H19FN2O4S. The molecule has 1 heterocycles. The van der Waals surface area contributed by atoms with Gasteiger partial charge in [-0.05, 0) is 44.0 Å². The Morgan fingerprint density at radius 2 is 2.09 bits per heavy atom. The first-order valence-electron chi connectivity index (χ1n) is 7.06. The molecule has 0 unspecified atom stereocenters. The van der Waals surface area contributed by atoms with Gasteiger partial charge in [-0.2, -0.15) is 4.72 Å². The molecule has 0 spiro atoms. The second-order valence-electron chi connectivity index (χ2n) is 5.18. The van der Waals surface area contributed by atoms with Gasteiger partial charge in [-0.1, -0.05) is 0 Å². The SMILES string of the molecule is C[C@H](NS(=O)(=O)c1ccc(F)cc1)C(=O)NC[C@H]1CCCO1. The molecule has 1 fully saturated rings. The van der Waals surface area contributed by atoms with Crippen LogP contribution in [0.15, 0.2) is 29.2 Å². The molecule has 1 aliphatic heterocycles. The molecule has 1 aromatic carbocycles. The van der Waals surface area contributed by atoms with E-state index in [1.165, 1.54) is 6.92 Å². The maximum Gasteiger partial charge on any atom is 0.241 e. The van der Waals surface area contributed by atoms with Gasteiger partial charge in [0.2, 0.25) is 15.9 Å². The third-order valence-electron chi connectivity index (χ3n) is 3.38. The van der Waals surface area contributed by atoms with Crippen LogP contribution < -0.4 is 10.0 Å². The fourth-order valence-electron chi connectivity index (χ4n) is 2.14. The van der Waals surface area contributed by atoms with Crippen LogP contribution in [-0.2, 0) is 19.6 Å². The summed E-state index contributed by atoms with van der Waals surface area (Å²) < 4.78 is 44.6. The van der Waals surface area contributed by atoms with Gasteiger partial charge in [-0.25, -0.2) is 12.8 Å². The van der Waals surface area contributed by atoms with Crippen molar-refractivity contribution in [3.8, 4) is 0 Å². The lowest BCUT2D eigenvalue weighted by Crippen LogP contribution is -2.46. The molecule has 0 saturated carbocycles. The van der Waals surface area contributed by atoms with E-state index in [-0.39, 0.29) is 11.0 Å². The van der Waals surface area contributed by atoms with Gasteiger partial charge in [-0.3, -0.25) is 4.79 Å². The fourth-order valence-corrected chi connectivity index (χ4v) is 3.34. The highest BCUT2D eigenvalue weighted by Gasteiger charge is 2.23. The van der Waals surface area contributed by atoms with Gasteiger partial charge in [0, 0.05) is 13.2 Å². The quantitative estimate of drug-likeness (QED) is 0.807. The minimum atomic E-state index is -3.87. The third-order valence-corrected chi connectivity index (χ3v) is 4.93. The van der Waals surface area contributed by atoms with E-state index in [9.17, 15) is 17.6 Å². The Bertz CT molecular complexity index is 612. The van der Waals surface area contributed by atoms with Gasteiger partial charge >= 0.3 is 0 Å². The Morgan fingerprint density at radius 1 is 1.41 bits per heavy atom. The van der Waals surface area contributed by atoms with Crippen LogP contribution in [0.2, 0.25) is 0 Å². The Kier molecular flexibility index (Phi) is 5.49. The second kappa shape index (κ2) is 7.17. The maximum absolute atomic E-state index is 12.8. The summed E-state index contributed by atoms with van der Waals surface area (Å²) in [4.78, 5) is 11.8. The predicted octanol–water partition coefficient (Wildman–Crippen LogP) is 0.788. The van der Waals surface area contributed by atoms with Crippen molar-refractivity contribution in [1.82, 2.24) is 10.0 Å². The Hall–Kier alpha value is -1.51. The van der Waals surface area contributed by atoms with E-state index < -0.39 is 27.8 Å². The van der Waals surface area contributed by atoms with E-state index in [1.807, 2.05) is 0 Å². The number of hydrogen-bond donors (Lipinski definition) is 2. The van der Waals surface area contributed by atoms with Gasteiger partial charge in [0.25, 0.3) is 0 Å². The molecule has 0 aromatic heterocycles. The molecule has 0 radical (unpaired) electrons. The molecule has 6 nitrogen and oxygen atoms in total. The average Bonchev–Trinajstić information content (AvgIpc) is 2.98. The summed E-state index contributed by atoms with van der Waals surface area (Å²) in [6, 6.07) is 3.47. The highest BCUT2D eigenvalue weighted by molar-refractivity contribution is 7.89. The van der Waals surface area contributed by atoms with Crippen LogP contribution in [0.3, 0.4) is 0 Å². The molecular weight excluding hydrogens is 311 g/mol. The fraction of sp³-hybridized carbons (Fsp3) is 0.500. The highest BCUT2D eigenvalue weighted by atomic mass is 32.2. The number of halogens is 1. The smallest absolute Gasteiger partial charge is 0.241 e. The van der Waals surface area contributed by atoms with Crippen molar-refractivity contribution < 1.29 is 22.3 Å². The number of amides is 1. The van der Waals surface area contributed by atoms with Crippen molar-refractivity contribution >= 4 is 15.9 Å². The Balaban J connectivity index is 1.90. The minimum absolute atomic E-state index is 0.00939. The molecule has 8 heteroatoms. The largest absolute Gasteiger partial charge is 0.376 e. The zero-order chi connectivity index (χ0) is 16.2. The standard InChI is InChI=1S/C14H19FN2O4S/c1-10(14(18)16-9-12-3-2-8-21-12)17-22(19,20)13-6-4-11(15)5-7-13/h4-7,10,12,17H,2-3,8-9H2,1H3,(H,16,18)/t10-,12+/m0/s1. The number of carbonyl (C=O) groups excluding carboxylic acids is 1. The van der Waals surface area contributed by atoms with E-state index in [0.29, 0.717) is 13.2 Å². The Labute approximate surface area is 129 Å². The van der Waals surface area contributed by atoms with Crippen molar-refractivity contribution in [2.24, 2.45) is 0 Å². The summed E-state index contributed by atoms with van der Waals surface area (Å²) in [5.41, 5.74) is 0. The number of carbonyl (C=O) groups is 1. The van der Waals surface area contributed by atoms with Gasteiger partial charge < -0.3 is 10.1 Å². The van der Waals surface area contributed by atoms with Crippen molar-refractivity contribution in [2.75, 3.05) is 13.2 Å². The van der Waals surface area contributed by atoms with Crippen molar-refractivity contribution in [1.29, 1.82) is 0 Å². The molecule has 1 aliphatic rings. The van der Waals surface area contributed by atoms with Gasteiger partial charge in [-0.15, -0.1) is 0 Å². The van der Waals surface area contributed by atoms with Gasteiger partial charge in [0.1, 0.15) is 5.82 Å². The van der Waals surface area contributed by atoms with Crippen LogP contribution in [0.1, 0.15) is 19.8 Å². The average molecular weight is 330 g/mol. The summed E-state index contributed by atoms with van der Waals surface area (Å²) in [6.07, 6.45) is 1.84. The molecule has 2 atom stereocenters. The van der Waals surface area contributed by atoms with E-state index in [2.05, 4.69) is 10.0 Å². The first-order chi connectivity index (χ1) is 10.4. The molecule has 1 amide bonds. The van der Waals surface area contributed by atoms with Crippen molar-refractivity contribution in [3.05, 3.63) is 30.1 Å². The number of rotatable bonds is 6. The topological polar surface area (TPSA) is 84.5 Å². The van der Waals surface area contributed by atoms with Crippen molar-refractivity contribution in [3.63, 3.8) is 0 Å². The summed E-state index contributed by atoms with van der Waals surface area (Å²) in [5.74, 6) is -0.956. The van der Waals surface area contributed by atoms with Crippen LogP contribution in [-0.4, -0.2) is 39.6 Å². The lowest BCUT2D eigenvalue weighted by atomic mass is 10.2. The van der Waals surface area contributed by atoms with Crippen LogP contribution in [0.25, 0.3) is 0 Å². The van der Waals surface area contributed by atoms with Crippen molar-refractivity contribution in [2.45, 2.75) is 36.8 Å².